The Balaban J connectivity index is 1.43. The highest BCUT2D eigenvalue weighted by atomic mass is 16.5. The minimum atomic E-state index is -0.723. The van der Waals surface area contributed by atoms with E-state index in [2.05, 4.69) is 29.2 Å². The number of benzene rings is 1. The zero-order valence-corrected chi connectivity index (χ0v) is 16.8. The number of aryl methyl sites for hydroxylation is 1. The standard InChI is InChI=1S/C24H29NO4/c26-23(27)10-4-3-8-20-13-11-18-16-17(12-14-22(18)28-20)21-9-5-15-25-24(21)29-19-6-1-2-7-19/h5,9,12,14-16,19-20H,1-4,6-8,10-11,13H2,(H,26,27). The third kappa shape index (κ3) is 5.08. The molecule has 154 valence electrons. The second kappa shape index (κ2) is 9.29. The van der Waals surface area contributed by atoms with Crippen LogP contribution in [0.1, 0.15) is 63.4 Å². The van der Waals surface area contributed by atoms with Crippen LogP contribution in [0.2, 0.25) is 0 Å². The molecule has 29 heavy (non-hydrogen) atoms. The average Bonchev–Trinajstić information content (AvgIpc) is 3.24. The molecule has 0 spiro atoms. The fraction of sp³-hybridized carbons (Fsp3) is 0.500. The van der Waals surface area contributed by atoms with Gasteiger partial charge in [-0.05, 0) is 93.2 Å². The number of rotatable bonds is 8. The third-order valence-electron chi connectivity index (χ3n) is 5.92. The minimum absolute atomic E-state index is 0.182. The van der Waals surface area contributed by atoms with Crippen LogP contribution >= 0.6 is 0 Å². The van der Waals surface area contributed by atoms with Crippen molar-refractivity contribution in [1.82, 2.24) is 4.98 Å². The Hall–Kier alpha value is -2.56. The number of aliphatic carboxylic acids is 1. The second-order valence-electron chi connectivity index (χ2n) is 8.12. The van der Waals surface area contributed by atoms with Crippen molar-refractivity contribution >= 4 is 5.97 Å². The molecule has 0 saturated heterocycles. The van der Waals surface area contributed by atoms with Gasteiger partial charge in [-0.1, -0.05) is 6.07 Å². The normalized spacial score (nSPS) is 18.8. The number of ether oxygens (including phenoxy) is 2. The number of fused-ring (bicyclic) bond motifs is 1. The molecule has 1 N–H and O–H groups in total. The van der Waals surface area contributed by atoms with Gasteiger partial charge in [0.05, 0.1) is 6.10 Å². The van der Waals surface area contributed by atoms with Gasteiger partial charge in [-0.2, -0.15) is 0 Å². The zero-order chi connectivity index (χ0) is 20.1. The predicted octanol–water partition coefficient (Wildman–Crippen LogP) is 5.41. The van der Waals surface area contributed by atoms with E-state index < -0.39 is 5.97 Å². The van der Waals surface area contributed by atoms with Crippen LogP contribution < -0.4 is 9.47 Å². The van der Waals surface area contributed by atoms with Crippen LogP contribution in [0, 0.1) is 0 Å². The maximum Gasteiger partial charge on any atom is 0.303 e. The molecule has 0 bridgehead atoms. The lowest BCUT2D eigenvalue weighted by atomic mass is 9.95. The molecule has 5 heteroatoms. The fourth-order valence-electron chi connectivity index (χ4n) is 4.33. The van der Waals surface area contributed by atoms with Crippen LogP contribution in [0.3, 0.4) is 0 Å². The van der Waals surface area contributed by atoms with Crippen LogP contribution in [-0.2, 0) is 11.2 Å². The number of carboxylic acids is 1. The summed E-state index contributed by atoms with van der Waals surface area (Å²) in [5.41, 5.74) is 3.38. The van der Waals surface area contributed by atoms with Crippen molar-refractivity contribution in [3.05, 3.63) is 42.1 Å². The Morgan fingerprint density at radius 3 is 2.86 bits per heavy atom. The summed E-state index contributed by atoms with van der Waals surface area (Å²) in [5.74, 6) is 0.955. The molecule has 1 fully saturated rings. The summed E-state index contributed by atoms with van der Waals surface area (Å²) in [4.78, 5) is 15.1. The maximum atomic E-state index is 10.6. The van der Waals surface area contributed by atoms with Crippen molar-refractivity contribution in [2.45, 2.75) is 76.4 Å². The minimum Gasteiger partial charge on any atom is -0.490 e. The van der Waals surface area contributed by atoms with Crippen LogP contribution in [0.4, 0.5) is 0 Å². The van der Waals surface area contributed by atoms with Gasteiger partial charge in [-0.15, -0.1) is 0 Å². The van der Waals surface area contributed by atoms with E-state index in [1.54, 1.807) is 6.20 Å². The highest BCUT2D eigenvalue weighted by Gasteiger charge is 2.22. The van der Waals surface area contributed by atoms with E-state index in [-0.39, 0.29) is 18.6 Å². The molecule has 2 aromatic rings. The van der Waals surface area contributed by atoms with Crippen LogP contribution in [-0.4, -0.2) is 28.3 Å². The molecule has 1 aromatic heterocycles. The van der Waals surface area contributed by atoms with Crippen molar-refractivity contribution < 1.29 is 19.4 Å². The Labute approximate surface area is 172 Å². The van der Waals surface area contributed by atoms with Gasteiger partial charge in [0.15, 0.2) is 0 Å². The number of pyridine rings is 1. The maximum absolute atomic E-state index is 10.6. The predicted molar refractivity (Wildman–Crippen MR) is 111 cm³/mol. The first-order valence-electron chi connectivity index (χ1n) is 10.8. The van der Waals surface area contributed by atoms with Crippen molar-refractivity contribution in [2.75, 3.05) is 0 Å². The molecule has 1 aromatic carbocycles. The first-order valence-corrected chi connectivity index (χ1v) is 10.8. The largest absolute Gasteiger partial charge is 0.490 e. The van der Waals surface area contributed by atoms with Crippen LogP contribution in [0.25, 0.3) is 11.1 Å². The molecule has 1 atom stereocenters. The number of aromatic nitrogens is 1. The Morgan fingerprint density at radius 1 is 1.17 bits per heavy atom. The molecule has 1 aliphatic heterocycles. The summed E-state index contributed by atoms with van der Waals surface area (Å²) in [6.45, 7) is 0. The number of nitrogens with zero attached hydrogens (tertiary/aromatic N) is 1. The highest BCUT2D eigenvalue weighted by Crippen LogP contribution is 2.36. The number of unbranched alkanes of at least 4 members (excludes halogenated alkanes) is 1. The molecule has 0 amide bonds. The summed E-state index contributed by atoms with van der Waals surface area (Å²) in [7, 11) is 0. The van der Waals surface area contributed by atoms with Gasteiger partial charge in [0.25, 0.3) is 0 Å². The highest BCUT2D eigenvalue weighted by molar-refractivity contribution is 5.70. The molecule has 1 unspecified atom stereocenters. The van der Waals surface area contributed by atoms with Crippen LogP contribution in [0.15, 0.2) is 36.5 Å². The first-order chi connectivity index (χ1) is 14.2. The van der Waals surface area contributed by atoms with Gasteiger partial charge in [0.1, 0.15) is 11.9 Å². The topological polar surface area (TPSA) is 68.7 Å². The van der Waals surface area contributed by atoms with Gasteiger partial charge < -0.3 is 14.6 Å². The van der Waals surface area contributed by atoms with E-state index in [0.29, 0.717) is 6.42 Å². The lowest BCUT2D eigenvalue weighted by Gasteiger charge is -2.26. The van der Waals surface area contributed by atoms with Crippen molar-refractivity contribution in [3.8, 4) is 22.8 Å². The Morgan fingerprint density at radius 2 is 2.03 bits per heavy atom. The number of carboxylic acid groups (broad SMARTS) is 1. The lowest BCUT2D eigenvalue weighted by Crippen LogP contribution is -2.22. The molecule has 2 aliphatic rings. The van der Waals surface area contributed by atoms with Crippen molar-refractivity contribution in [3.63, 3.8) is 0 Å². The Kier molecular flexibility index (Phi) is 6.33. The van der Waals surface area contributed by atoms with Crippen LogP contribution in [0.5, 0.6) is 11.6 Å². The number of hydrogen-bond donors (Lipinski definition) is 1. The van der Waals surface area contributed by atoms with Crippen molar-refractivity contribution in [1.29, 1.82) is 0 Å². The average molecular weight is 395 g/mol. The smallest absolute Gasteiger partial charge is 0.303 e. The summed E-state index contributed by atoms with van der Waals surface area (Å²) in [5, 5.41) is 8.75. The van der Waals surface area contributed by atoms with E-state index >= 15 is 0 Å². The Bertz CT molecular complexity index is 845. The number of hydrogen-bond acceptors (Lipinski definition) is 4. The van der Waals surface area contributed by atoms with E-state index in [4.69, 9.17) is 14.6 Å². The van der Waals surface area contributed by atoms with Gasteiger partial charge in [-0.25, -0.2) is 4.98 Å². The summed E-state index contributed by atoms with van der Waals surface area (Å²) >= 11 is 0. The van der Waals surface area contributed by atoms with E-state index in [0.717, 1.165) is 61.3 Å². The monoisotopic (exact) mass is 395 g/mol. The van der Waals surface area contributed by atoms with E-state index in [1.165, 1.54) is 18.4 Å². The molecule has 5 nitrogen and oxygen atoms in total. The third-order valence-corrected chi connectivity index (χ3v) is 5.92. The van der Waals surface area contributed by atoms with Gasteiger partial charge in [0, 0.05) is 18.2 Å². The molecule has 0 radical (unpaired) electrons. The summed E-state index contributed by atoms with van der Waals surface area (Å²) in [6, 6.07) is 10.4. The molecule has 2 heterocycles. The first kappa shape index (κ1) is 19.7. The van der Waals surface area contributed by atoms with Gasteiger partial charge in [-0.3, -0.25) is 4.79 Å². The molecular formula is C24H29NO4. The SMILES string of the molecule is O=C(O)CCCCC1CCc2cc(-c3cccnc3OC3CCCC3)ccc2O1. The lowest BCUT2D eigenvalue weighted by molar-refractivity contribution is -0.137. The fourth-order valence-corrected chi connectivity index (χ4v) is 4.33. The quantitative estimate of drug-likeness (QED) is 0.605. The summed E-state index contributed by atoms with van der Waals surface area (Å²) < 4.78 is 12.4. The second-order valence-corrected chi connectivity index (χ2v) is 8.12. The molecule has 1 aliphatic carbocycles. The molecular weight excluding hydrogens is 366 g/mol. The summed E-state index contributed by atoms with van der Waals surface area (Å²) in [6.07, 6.45) is 11.7. The number of carbonyl (C=O) groups is 1. The van der Waals surface area contributed by atoms with Crippen molar-refractivity contribution in [2.24, 2.45) is 0 Å². The molecule has 4 rings (SSSR count). The van der Waals surface area contributed by atoms with E-state index in [9.17, 15) is 4.79 Å². The molecule has 1 saturated carbocycles. The zero-order valence-electron chi connectivity index (χ0n) is 16.8. The van der Waals surface area contributed by atoms with Gasteiger partial charge in [0.2, 0.25) is 5.88 Å². The van der Waals surface area contributed by atoms with Gasteiger partial charge >= 0.3 is 5.97 Å². The van der Waals surface area contributed by atoms with E-state index in [1.807, 2.05) is 6.07 Å².